The summed E-state index contributed by atoms with van der Waals surface area (Å²) in [5, 5.41) is 5.13. The van der Waals surface area contributed by atoms with Crippen molar-refractivity contribution >= 4 is 56.0 Å². The lowest BCUT2D eigenvalue weighted by atomic mass is 10.1. The fourth-order valence-electron chi connectivity index (χ4n) is 3.21. The number of nitrogens with one attached hydrogen (secondary N) is 1. The van der Waals surface area contributed by atoms with Gasteiger partial charge in [-0.05, 0) is 61.2 Å². The molecule has 3 aromatic rings. The third-order valence-corrected chi connectivity index (χ3v) is 5.99. The maximum absolute atomic E-state index is 13.3. The van der Waals surface area contributed by atoms with Crippen LogP contribution in [0, 0.1) is 13.8 Å². The van der Waals surface area contributed by atoms with Crippen LogP contribution in [0.25, 0.3) is 5.57 Å². The second-order valence-electron chi connectivity index (χ2n) is 6.59. The highest BCUT2D eigenvalue weighted by molar-refractivity contribution is 9.10. The van der Waals surface area contributed by atoms with E-state index < -0.39 is 0 Å². The van der Waals surface area contributed by atoms with Crippen LogP contribution in [0.4, 0.5) is 11.4 Å². The number of hydrogen-bond acceptors (Lipinski definition) is 4. The lowest BCUT2D eigenvalue weighted by molar-refractivity contribution is -0.120. The summed E-state index contributed by atoms with van der Waals surface area (Å²) in [4.78, 5) is 28.5. The molecular formula is C22H17BrN2O2S. The average Bonchev–Trinajstić information content (AvgIpc) is 3.26. The Morgan fingerprint density at radius 2 is 1.71 bits per heavy atom. The first-order chi connectivity index (χ1) is 13.5. The number of halogens is 1. The van der Waals surface area contributed by atoms with Crippen LogP contribution in [0.5, 0.6) is 0 Å². The molecular weight excluding hydrogens is 436 g/mol. The molecule has 0 unspecified atom stereocenters. The van der Waals surface area contributed by atoms with E-state index in [9.17, 15) is 9.59 Å². The highest BCUT2D eigenvalue weighted by Gasteiger charge is 2.40. The van der Waals surface area contributed by atoms with Crippen LogP contribution in [0.1, 0.15) is 16.0 Å². The van der Waals surface area contributed by atoms with Gasteiger partial charge in [-0.3, -0.25) is 9.59 Å². The van der Waals surface area contributed by atoms with E-state index in [0.29, 0.717) is 17.0 Å². The number of hydrogen-bond donors (Lipinski definition) is 1. The number of carbonyl (C=O) groups excluding carboxylic acids is 2. The molecule has 0 bridgehead atoms. The first-order valence-corrected chi connectivity index (χ1v) is 10.4. The Morgan fingerprint density at radius 1 is 0.964 bits per heavy atom. The molecule has 2 aromatic carbocycles. The number of amides is 2. The number of carbonyl (C=O) groups is 2. The fourth-order valence-corrected chi connectivity index (χ4v) is 4.24. The zero-order valence-electron chi connectivity index (χ0n) is 15.3. The Morgan fingerprint density at radius 3 is 2.36 bits per heavy atom. The van der Waals surface area contributed by atoms with Crippen LogP contribution in [-0.4, -0.2) is 11.8 Å². The number of rotatable bonds is 4. The topological polar surface area (TPSA) is 49.4 Å². The number of thiophene rings is 1. The van der Waals surface area contributed by atoms with Crippen molar-refractivity contribution in [1.29, 1.82) is 0 Å². The summed E-state index contributed by atoms with van der Waals surface area (Å²) in [6.45, 7) is 4.00. The zero-order chi connectivity index (χ0) is 19.8. The molecule has 2 amide bonds. The van der Waals surface area contributed by atoms with E-state index in [4.69, 9.17) is 0 Å². The molecule has 0 spiro atoms. The summed E-state index contributed by atoms with van der Waals surface area (Å²) in [7, 11) is 0. The van der Waals surface area contributed by atoms with Gasteiger partial charge in [-0.15, -0.1) is 11.3 Å². The van der Waals surface area contributed by atoms with E-state index in [0.717, 1.165) is 26.2 Å². The van der Waals surface area contributed by atoms with Crippen molar-refractivity contribution in [2.24, 2.45) is 0 Å². The van der Waals surface area contributed by atoms with E-state index in [1.807, 2.05) is 61.7 Å². The van der Waals surface area contributed by atoms with Crippen molar-refractivity contribution in [3.8, 4) is 0 Å². The molecule has 0 saturated carbocycles. The van der Waals surface area contributed by atoms with Gasteiger partial charge in [-0.1, -0.05) is 39.7 Å². The van der Waals surface area contributed by atoms with E-state index >= 15 is 0 Å². The smallest absolute Gasteiger partial charge is 0.282 e. The number of anilines is 2. The van der Waals surface area contributed by atoms with Crippen LogP contribution in [0.2, 0.25) is 0 Å². The van der Waals surface area contributed by atoms with Gasteiger partial charge >= 0.3 is 0 Å². The van der Waals surface area contributed by atoms with E-state index in [1.54, 1.807) is 12.1 Å². The Hall–Kier alpha value is -2.70. The summed E-state index contributed by atoms with van der Waals surface area (Å²) >= 11 is 4.83. The van der Waals surface area contributed by atoms with Crippen molar-refractivity contribution < 1.29 is 9.59 Å². The quantitative estimate of drug-likeness (QED) is 0.529. The van der Waals surface area contributed by atoms with Crippen LogP contribution >= 0.6 is 27.3 Å². The largest absolute Gasteiger partial charge is 0.350 e. The van der Waals surface area contributed by atoms with Gasteiger partial charge in [0, 0.05) is 15.0 Å². The first-order valence-electron chi connectivity index (χ1n) is 8.72. The SMILES string of the molecule is Cc1ccc(NC2=C(c3cccs3)C(=O)N(c3ccc(Br)cc3)C2=O)c(C)c1. The third-order valence-electron chi connectivity index (χ3n) is 4.58. The molecule has 2 heterocycles. The minimum Gasteiger partial charge on any atom is -0.350 e. The zero-order valence-corrected chi connectivity index (χ0v) is 17.7. The summed E-state index contributed by atoms with van der Waals surface area (Å²) in [5.41, 5.74) is 4.23. The second-order valence-corrected chi connectivity index (χ2v) is 8.46. The molecule has 4 rings (SSSR count). The maximum Gasteiger partial charge on any atom is 0.282 e. The first kappa shape index (κ1) is 18.7. The average molecular weight is 453 g/mol. The molecule has 0 atom stereocenters. The van der Waals surface area contributed by atoms with Gasteiger partial charge in [-0.25, -0.2) is 4.90 Å². The Balaban J connectivity index is 1.80. The number of imide groups is 1. The molecule has 28 heavy (non-hydrogen) atoms. The van der Waals surface area contributed by atoms with Gasteiger partial charge in [0.1, 0.15) is 5.70 Å². The molecule has 1 aliphatic rings. The van der Waals surface area contributed by atoms with Crippen LogP contribution in [-0.2, 0) is 9.59 Å². The fraction of sp³-hybridized carbons (Fsp3) is 0.0909. The minimum absolute atomic E-state index is 0.308. The number of nitrogens with zero attached hydrogens (tertiary/aromatic N) is 1. The monoisotopic (exact) mass is 452 g/mol. The molecule has 140 valence electrons. The highest BCUT2D eigenvalue weighted by atomic mass is 79.9. The maximum atomic E-state index is 13.3. The van der Waals surface area contributed by atoms with Crippen LogP contribution in [0.15, 0.2) is 70.1 Å². The Bertz CT molecular complexity index is 1100. The summed E-state index contributed by atoms with van der Waals surface area (Å²) in [5.74, 6) is -0.669. The summed E-state index contributed by atoms with van der Waals surface area (Å²) in [6, 6.07) is 16.8. The molecule has 0 saturated heterocycles. The number of benzene rings is 2. The second kappa shape index (κ2) is 7.37. The van der Waals surface area contributed by atoms with Gasteiger partial charge in [0.05, 0.1) is 11.3 Å². The van der Waals surface area contributed by atoms with E-state index in [2.05, 4.69) is 21.2 Å². The van der Waals surface area contributed by atoms with Gasteiger partial charge in [0.15, 0.2) is 0 Å². The molecule has 6 heteroatoms. The third kappa shape index (κ3) is 3.30. The van der Waals surface area contributed by atoms with Crippen LogP contribution in [0.3, 0.4) is 0 Å². The Kier molecular flexibility index (Phi) is 4.91. The van der Waals surface area contributed by atoms with Gasteiger partial charge in [0.2, 0.25) is 0 Å². The van der Waals surface area contributed by atoms with Crippen molar-refractivity contribution in [2.75, 3.05) is 10.2 Å². The molecule has 0 fully saturated rings. The van der Waals surface area contributed by atoms with Gasteiger partial charge in [0.25, 0.3) is 11.8 Å². The molecule has 1 aromatic heterocycles. The molecule has 1 N–H and O–H groups in total. The van der Waals surface area contributed by atoms with Crippen molar-refractivity contribution in [3.05, 3.63) is 86.2 Å². The lowest BCUT2D eigenvalue weighted by Gasteiger charge is -2.16. The standard InChI is InChI=1S/C22H17BrN2O2S/c1-13-5-10-17(14(2)12-13)24-20-19(18-4-3-11-28-18)21(26)25(22(20)27)16-8-6-15(23)7-9-16/h3-12,24H,1-2H3. The van der Waals surface area contributed by atoms with E-state index in [1.165, 1.54) is 16.2 Å². The summed E-state index contributed by atoms with van der Waals surface area (Å²) in [6.07, 6.45) is 0. The van der Waals surface area contributed by atoms with Crippen molar-refractivity contribution in [3.63, 3.8) is 0 Å². The molecule has 0 aliphatic carbocycles. The highest BCUT2D eigenvalue weighted by Crippen LogP contribution is 2.36. The molecule has 4 nitrogen and oxygen atoms in total. The Labute approximate surface area is 175 Å². The van der Waals surface area contributed by atoms with Gasteiger partial charge < -0.3 is 5.32 Å². The number of aryl methyl sites for hydroxylation is 2. The minimum atomic E-state index is -0.351. The lowest BCUT2D eigenvalue weighted by Crippen LogP contribution is -2.32. The predicted octanol–water partition coefficient (Wildman–Crippen LogP) is 5.52. The van der Waals surface area contributed by atoms with Crippen molar-refractivity contribution in [1.82, 2.24) is 0 Å². The van der Waals surface area contributed by atoms with Gasteiger partial charge in [-0.2, -0.15) is 0 Å². The molecule has 1 aliphatic heterocycles. The van der Waals surface area contributed by atoms with Crippen molar-refractivity contribution in [2.45, 2.75) is 13.8 Å². The normalized spacial score (nSPS) is 14.2. The molecule has 0 radical (unpaired) electrons. The van der Waals surface area contributed by atoms with E-state index in [-0.39, 0.29) is 11.8 Å². The summed E-state index contributed by atoms with van der Waals surface area (Å²) < 4.78 is 0.885. The van der Waals surface area contributed by atoms with Crippen LogP contribution < -0.4 is 10.2 Å². The predicted molar refractivity (Wildman–Crippen MR) is 117 cm³/mol.